The van der Waals surface area contributed by atoms with Crippen molar-refractivity contribution in [1.82, 2.24) is 9.88 Å². The van der Waals surface area contributed by atoms with Gasteiger partial charge in [-0.2, -0.15) is 0 Å². The van der Waals surface area contributed by atoms with E-state index >= 15 is 0 Å². The maximum absolute atomic E-state index is 12.8. The Labute approximate surface area is 148 Å². The van der Waals surface area contributed by atoms with Crippen molar-refractivity contribution >= 4 is 5.91 Å². The Morgan fingerprint density at radius 2 is 2.20 bits per heavy atom. The molecule has 3 aliphatic rings. The molecule has 4 rings (SSSR count). The summed E-state index contributed by atoms with van der Waals surface area (Å²) in [5.41, 5.74) is 8.40. The third-order valence-electron chi connectivity index (χ3n) is 6.33. The zero-order valence-electron chi connectivity index (χ0n) is 14.6. The van der Waals surface area contributed by atoms with Crippen LogP contribution in [0.1, 0.15) is 47.3 Å². The lowest BCUT2D eigenvalue weighted by Crippen LogP contribution is -2.62. The largest absolute Gasteiger partial charge is 0.392 e. The Kier molecular flexibility index (Phi) is 4.52. The van der Waals surface area contributed by atoms with Crippen LogP contribution >= 0.6 is 0 Å². The number of amides is 1. The molecule has 2 aliphatic carbocycles. The number of aryl methyl sites for hydroxylation is 2. The fraction of sp³-hybridized carbons (Fsp3) is 0.684. The van der Waals surface area contributed by atoms with Crippen LogP contribution in [0.15, 0.2) is 12.3 Å². The lowest BCUT2D eigenvalue weighted by atomic mass is 9.58. The van der Waals surface area contributed by atoms with E-state index in [1.165, 1.54) is 5.56 Å². The second kappa shape index (κ2) is 6.67. The fourth-order valence-corrected chi connectivity index (χ4v) is 4.68. The van der Waals surface area contributed by atoms with E-state index in [1.54, 1.807) is 6.20 Å². The average Bonchev–Trinajstić information content (AvgIpc) is 3.12. The topological polar surface area (TPSA) is 88.7 Å². The molecule has 1 amide bonds. The van der Waals surface area contributed by atoms with Gasteiger partial charge in [0.2, 0.25) is 0 Å². The van der Waals surface area contributed by atoms with Crippen LogP contribution in [0.5, 0.6) is 0 Å². The first-order chi connectivity index (χ1) is 12.1. The normalized spacial score (nSPS) is 27.2. The Balaban J connectivity index is 1.40. The number of aromatic nitrogens is 1. The minimum Gasteiger partial charge on any atom is -0.392 e. The van der Waals surface area contributed by atoms with Gasteiger partial charge in [-0.25, -0.2) is 0 Å². The molecule has 136 valence electrons. The third-order valence-corrected chi connectivity index (χ3v) is 6.33. The molecule has 2 heterocycles. The molecule has 25 heavy (non-hydrogen) atoms. The molecule has 1 spiro atoms. The van der Waals surface area contributed by atoms with Gasteiger partial charge in [0.25, 0.3) is 5.91 Å². The third kappa shape index (κ3) is 2.86. The van der Waals surface area contributed by atoms with Crippen molar-refractivity contribution < 1.29 is 14.6 Å². The molecule has 1 aromatic rings. The van der Waals surface area contributed by atoms with E-state index in [0.717, 1.165) is 37.8 Å². The first-order valence-electron chi connectivity index (χ1n) is 9.41. The monoisotopic (exact) mass is 345 g/mol. The molecule has 6 heteroatoms. The van der Waals surface area contributed by atoms with Crippen molar-refractivity contribution in [1.29, 1.82) is 0 Å². The predicted octanol–water partition coefficient (Wildman–Crippen LogP) is 0.901. The fourth-order valence-electron chi connectivity index (χ4n) is 4.68. The Morgan fingerprint density at radius 1 is 1.40 bits per heavy atom. The number of piperidine rings is 1. The molecule has 6 nitrogen and oxygen atoms in total. The van der Waals surface area contributed by atoms with Gasteiger partial charge in [0, 0.05) is 43.4 Å². The summed E-state index contributed by atoms with van der Waals surface area (Å²) in [6, 6.07) is 2.02. The molecule has 0 unspecified atom stereocenters. The summed E-state index contributed by atoms with van der Waals surface area (Å²) in [5.74, 6) is 0.0605. The Bertz CT molecular complexity index is 655. The molecule has 3 N–H and O–H groups in total. The SMILES string of the molecule is NCCO[C@H]1C[C@@H](O)C12CCN(C(=O)c1cnc3c(c1)CCC3)CC2. The minimum absolute atomic E-state index is 0.0605. The first kappa shape index (κ1) is 16.9. The van der Waals surface area contributed by atoms with Crippen molar-refractivity contribution in [3.8, 4) is 0 Å². The lowest BCUT2D eigenvalue weighted by molar-refractivity contribution is -0.207. The van der Waals surface area contributed by atoms with E-state index in [-0.39, 0.29) is 23.5 Å². The highest BCUT2D eigenvalue weighted by atomic mass is 16.5. The maximum atomic E-state index is 12.8. The van der Waals surface area contributed by atoms with Gasteiger partial charge in [0.15, 0.2) is 0 Å². The summed E-state index contributed by atoms with van der Waals surface area (Å²) in [6.07, 6.45) is 6.91. The van der Waals surface area contributed by atoms with E-state index in [0.29, 0.717) is 38.2 Å². The van der Waals surface area contributed by atoms with Crippen LogP contribution in [0.3, 0.4) is 0 Å². The van der Waals surface area contributed by atoms with Crippen LogP contribution in [-0.2, 0) is 17.6 Å². The standard InChI is InChI=1S/C19H27N3O3/c20-6-9-25-17-11-16(23)19(17)4-7-22(8-5-19)18(24)14-10-13-2-1-3-15(13)21-12-14/h10,12,16-17,23H,1-9,11,20H2/t16-,17+/m1/s1. The summed E-state index contributed by atoms with van der Waals surface area (Å²) in [6.45, 7) is 2.35. The van der Waals surface area contributed by atoms with Gasteiger partial charge in [-0.05, 0) is 43.7 Å². The Morgan fingerprint density at radius 3 is 2.92 bits per heavy atom. The molecule has 1 saturated heterocycles. The van der Waals surface area contributed by atoms with E-state index in [9.17, 15) is 9.90 Å². The molecular formula is C19H27N3O3. The lowest BCUT2D eigenvalue weighted by Gasteiger charge is -2.56. The molecule has 0 aromatic carbocycles. The highest BCUT2D eigenvalue weighted by molar-refractivity contribution is 5.94. The highest BCUT2D eigenvalue weighted by Crippen LogP contribution is 2.51. The number of hydrogen-bond acceptors (Lipinski definition) is 5. The number of pyridine rings is 1. The number of aliphatic hydroxyl groups is 1. The second-order valence-electron chi connectivity index (χ2n) is 7.61. The number of rotatable bonds is 4. The molecule has 0 radical (unpaired) electrons. The van der Waals surface area contributed by atoms with Gasteiger partial charge in [0.05, 0.1) is 24.4 Å². The van der Waals surface area contributed by atoms with E-state index in [2.05, 4.69) is 4.98 Å². The van der Waals surface area contributed by atoms with E-state index in [4.69, 9.17) is 10.5 Å². The van der Waals surface area contributed by atoms with Gasteiger partial charge in [-0.1, -0.05) is 0 Å². The first-order valence-corrected chi connectivity index (χ1v) is 9.41. The summed E-state index contributed by atoms with van der Waals surface area (Å²) >= 11 is 0. The molecule has 0 bridgehead atoms. The number of nitrogens with zero attached hydrogens (tertiary/aromatic N) is 2. The highest BCUT2D eigenvalue weighted by Gasteiger charge is 2.56. The quantitative estimate of drug-likeness (QED) is 0.846. The van der Waals surface area contributed by atoms with Gasteiger partial charge in [0.1, 0.15) is 0 Å². The van der Waals surface area contributed by atoms with Gasteiger partial charge >= 0.3 is 0 Å². The number of hydrogen-bond donors (Lipinski definition) is 2. The molecular weight excluding hydrogens is 318 g/mol. The van der Waals surface area contributed by atoms with Crippen LogP contribution in [0.25, 0.3) is 0 Å². The second-order valence-corrected chi connectivity index (χ2v) is 7.61. The summed E-state index contributed by atoms with van der Waals surface area (Å²) in [4.78, 5) is 19.2. The van der Waals surface area contributed by atoms with Crippen molar-refractivity contribution in [2.45, 2.75) is 50.7 Å². The van der Waals surface area contributed by atoms with Gasteiger partial charge < -0.3 is 20.5 Å². The van der Waals surface area contributed by atoms with Crippen LogP contribution in [0.2, 0.25) is 0 Å². The maximum Gasteiger partial charge on any atom is 0.255 e. The zero-order valence-corrected chi connectivity index (χ0v) is 14.6. The number of carbonyl (C=O) groups is 1. The molecule has 2 fully saturated rings. The smallest absolute Gasteiger partial charge is 0.255 e. The van der Waals surface area contributed by atoms with Crippen LogP contribution < -0.4 is 5.73 Å². The van der Waals surface area contributed by atoms with Crippen molar-refractivity contribution in [3.63, 3.8) is 0 Å². The number of likely N-dealkylation sites (tertiary alicyclic amines) is 1. The Hall–Kier alpha value is -1.50. The molecule has 1 saturated carbocycles. The average molecular weight is 345 g/mol. The molecule has 2 atom stereocenters. The van der Waals surface area contributed by atoms with Gasteiger partial charge in [-0.3, -0.25) is 9.78 Å². The van der Waals surface area contributed by atoms with Crippen LogP contribution in [-0.4, -0.2) is 59.3 Å². The summed E-state index contributed by atoms with van der Waals surface area (Å²) in [5, 5.41) is 10.3. The van der Waals surface area contributed by atoms with Crippen molar-refractivity contribution in [2.24, 2.45) is 11.1 Å². The summed E-state index contributed by atoms with van der Waals surface area (Å²) in [7, 11) is 0. The minimum atomic E-state index is -0.325. The predicted molar refractivity (Wildman–Crippen MR) is 93.3 cm³/mol. The number of carbonyl (C=O) groups excluding carboxylic acids is 1. The number of nitrogens with two attached hydrogens (primary N) is 1. The van der Waals surface area contributed by atoms with E-state index < -0.39 is 0 Å². The number of aliphatic hydroxyl groups excluding tert-OH is 1. The van der Waals surface area contributed by atoms with Crippen LogP contribution in [0, 0.1) is 5.41 Å². The van der Waals surface area contributed by atoms with E-state index in [1.807, 2.05) is 11.0 Å². The zero-order chi connectivity index (χ0) is 17.4. The van der Waals surface area contributed by atoms with Crippen LogP contribution in [0.4, 0.5) is 0 Å². The molecule has 1 aliphatic heterocycles. The van der Waals surface area contributed by atoms with Crippen molar-refractivity contribution in [2.75, 3.05) is 26.2 Å². The number of fused-ring (bicyclic) bond motifs is 1. The number of ether oxygens (including phenoxy) is 1. The van der Waals surface area contributed by atoms with Gasteiger partial charge in [-0.15, -0.1) is 0 Å². The van der Waals surface area contributed by atoms with Crippen molar-refractivity contribution in [3.05, 3.63) is 29.1 Å². The summed E-state index contributed by atoms with van der Waals surface area (Å²) < 4.78 is 5.82. The molecule has 1 aromatic heterocycles.